The van der Waals surface area contributed by atoms with Crippen LogP contribution in [-0.2, 0) is 17.7 Å². The molecule has 1 aromatic rings. The Hall–Kier alpha value is -0.900. The molecule has 1 aliphatic rings. The highest BCUT2D eigenvalue weighted by Gasteiger charge is 2.15. The molecule has 0 spiro atoms. The molecule has 7 nitrogen and oxygen atoms in total. The molecule has 0 aliphatic carbocycles. The van der Waals surface area contributed by atoms with Crippen molar-refractivity contribution in [3.63, 3.8) is 0 Å². The molecule has 0 saturated carbocycles. The highest BCUT2D eigenvalue weighted by Crippen LogP contribution is 2.12. The lowest BCUT2D eigenvalue weighted by atomic mass is 10.1. The molecule has 0 amide bonds. The molecule has 1 saturated heterocycles. The predicted octanol–water partition coefficient (Wildman–Crippen LogP) is 1.83. The van der Waals surface area contributed by atoms with E-state index < -0.39 is 0 Å². The summed E-state index contributed by atoms with van der Waals surface area (Å²) in [4.78, 5) is 4.73. The normalized spacial score (nSPS) is 19.0. The van der Waals surface area contributed by atoms with Gasteiger partial charge in [0.05, 0.1) is 6.61 Å². The van der Waals surface area contributed by atoms with Crippen molar-refractivity contribution in [3.05, 3.63) is 12.2 Å². The number of aryl methyl sites for hydroxylation is 1. The molecule has 24 heavy (non-hydrogen) atoms. The van der Waals surface area contributed by atoms with Gasteiger partial charge in [-0.15, -0.1) is 34.2 Å². The standard InChI is InChI=1S/C16H30N6O.HI/c1-4-13(3)20-16(18-10-14-6-9-23-11-14)17-7-8-22-12-19-21-15(22)5-2;/h12-14H,4-11H2,1-3H3,(H2,17,18,20);1H. The second-order valence-corrected chi connectivity index (χ2v) is 6.09. The third-order valence-electron chi connectivity index (χ3n) is 4.18. The van der Waals surface area contributed by atoms with Gasteiger partial charge in [0.1, 0.15) is 12.2 Å². The molecule has 0 aromatic carbocycles. The number of hydrogen-bond donors (Lipinski definition) is 2. The van der Waals surface area contributed by atoms with Crippen LogP contribution in [0.25, 0.3) is 0 Å². The number of hydrogen-bond acceptors (Lipinski definition) is 4. The highest BCUT2D eigenvalue weighted by molar-refractivity contribution is 14.0. The first kappa shape index (κ1) is 21.1. The van der Waals surface area contributed by atoms with Crippen LogP contribution >= 0.6 is 24.0 Å². The van der Waals surface area contributed by atoms with Gasteiger partial charge in [-0.2, -0.15) is 0 Å². The number of aliphatic imine (C=N–C) groups is 1. The lowest BCUT2D eigenvalue weighted by Gasteiger charge is -2.18. The summed E-state index contributed by atoms with van der Waals surface area (Å²) < 4.78 is 7.50. The Bertz CT molecular complexity index is 487. The van der Waals surface area contributed by atoms with E-state index >= 15 is 0 Å². The maximum absolute atomic E-state index is 5.42. The summed E-state index contributed by atoms with van der Waals surface area (Å²) in [5.41, 5.74) is 0. The third-order valence-corrected chi connectivity index (χ3v) is 4.18. The van der Waals surface area contributed by atoms with E-state index in [1.54, 1.807) is 6.33 Å². The van der Waals surface area contributed by atoms with Crippen molar-refractivity contribution in [1.29, 1.82) is 0 Å². The smallest absolute Gasteiger partial charge is 0.191 e. The molecule has 138 valence electrons. The minimum atomic E-state index is 0. The Balaban J connectivity index is 0.00000288. The zero-order valence-corrected chi connectivity index (χ0v) is 17.3. The maximum atomic E-state index is 5.42. The van der Waals surface area contributed by atoms with Crippen molar-refractivity contribution < 1.29 is 4.74 Å². The quantitative estimate of drug-likeness (QED) is 0.359. The molecule has 1 fully saturated rings. The van der Waals surface area contributed by atoms with Crippen LogP contribution in [0.5, 0.6) is 0 Å². The minimum Gasteiger partial charge on any atom is -0.381 e. The third kappa shape index (κ3) is 6.92. The molecule has 8 heteroatoms. The summed E-state index contributed by atoms with van der Waals surface area (Å²) in [7, 11) is 0. The van der Waals surface area contributed by atoms with Crippen LogP contribution in [0.4, 0.5) is 0 Å². The Morgan fingerprint density at radius 1 is 1.50 bits per heavy atom. The summed E-state index contributed by atoms with van der Waals surface area (Å²) in [5, 5.41) is 15.0. The number of guanidine groups is 1. The molecule has 2 N–H and O–H groups in total. The van der Waals surface area contributed by atoms with Crippen LogP contribution in [0.3, 0.4) is 0 Å². The molecular weight excluding hydrogens is 419 g/mol. The van der Waals surface area contributed by atoms with Gasteiger partial charge in [-0.3, -0.25) is 4.99 Å². The van der Waals surface area contributed by atoms with Crippen molar-refractivity contribution in [2.24, 2.45) is 10.9 Å². The second kappa shape index (κ2) is 11.6. The SMILES string of the molecule is CCc1nncn1CCNC(=NCC1CCOC1)NC(C)CC.I. The fourth-order valence-electron chi connectivity index (χ4n) is 2.47. The highest BCUT2D eigenvalue weighted by atomic mass is 127. The summed E-state index contributed by atoms with van der Waals surface area (Å²) in [5.74, 6) is 2.45. The molecular formula is C16H31IN6O. The molecule has 2 rings (SSSR count). The predicted molar refractivity (Wildman–Crippen MR) is 107 cm³/mol. The van der Waals surface area contributed by atoms with Crippen molar-refractivity contribution in [1.82, 2.24) is 25.4 Å². The van der Waals surface area contributed by atoms with Crippen LogP contribution in [0, 0.1) is 5.92 Å². The average Bonchev–Trinajstić information content (AvgIpc) is 3.23. The minimum absolute atomic E-state index is 0. The first-order chi connectivity index (χ1) is 11.2. The lowest BCUT2D eigenvalue weighted by Crippen LogP contribution is -2.43. The zero-order chi connectivity index (χ0) is 16.5. The molecule has 0 bridgehead atoms. The fourth-order valence-corrected chi connectivity index (χ4v) is 2.47. The largest absolute Gasteiger partial charge is 0.381 e. The molecule has 2 unspecified atom stereocenters. The maximum Gasteiger partial charge on any atom is 0.191 e. The van der Waals surface area contributed by atoms with E-state index in [4.69, 9.17) is 9.73 Å². The average molecular weight is 450 g/mol. The number of halogens is 1. The molecule has 1 aliphatic heterocycles. The second-order valence-electron chi connectivity index (χ2n) is 6.09. The number of ether oxygens (including phenoxy) is 1. The lowest BCUT2D eigenvalue weighted by molar-refractivity contribution is 0.187. The topological polar surface area (TPSA) is 76.4 Å². The summed E-state index contributed by atoms with van der Waals surface area (Å²) in [6, 6.07) is 0.405. The van der Waals surface area contributed by atoms with Gasteiger partial charge in [-0.25, -0.2) is 0 Å². The van der Waals surface area contributed by atoms with E-state index in [0.29, 0.717) is 12.0 Å². The number of nitrogens with one attached hydrogen (secondary N) is 2. The van der Waals surface area contributed by atoms with Gasteiger partial charge in [-0.05, 0) is 19.8 Å². The summed E-state index contributed by atoms with van der Waals surface area (Å²) in [6.07, 6.45) is 4.86. The first-order valence-corrected chi connectivity index (χ1v) is 8.72. The fraction of sp³-hybridized carbons (Fsp3) is 0.812. The van der Waals surface area contributed by atoms with E-state index in [-0.39, 0.29) is 24.0 Å². The van der Waals surface area contributed by atoms with Gasteiger partial charge < -0.3 is 19.9 Å². The van der Waals surface area contributed by atoms with Gasteiger partial charge in [0.2, 0.25) is 0 Å². The van der Waals surface area contributed by atoms with E-state index in [9.17, 15) is 0 Å². The Morgan fingerprint density at radius 3 is 3.00 bits per heavy atom. The van der Waals surface area contributed by atoms with E-state index in [1.165, 1.54) is 0 Å². The van der Waals surface area contributed by atoms with E-state index in [0.717, 1.165) is 63.9 Å². The first-order valence-electron chi connectivity index (χ1n) is 8.72. The monoisotopic (exact) mass is 450 g/mol. The van der Waals surface area contributed by atoms with Crippen LogP contribution < -0.4 is 10.6 Å². The molecule has 2 atom stereocenters. The summed E-state index contributed by atoms with van der Waals surface area (Å²) in [6.45, 7) is 10.6. The number of nitrogens with zero attached hydrogens (tertiary/aromatic N) is 4. The van der Waals surface area contributed by atoms with Crippen LogP contribution in [0.1, 0.15) is 39.4 Å². The van der Waals surface area contributed by atoms with Gasteiger partial charge in [0, 0.05) is 44.6 Å². The van der Waals surface area contributed by atoms with Gasteiger partial charge in [0.15, 0.2) is 5.96 Å². The zero-order valence-electron chi connectivity index (χ0n) is 15.0. The Morgan fingerprint density at radius 2 is 2.33 bits per heavy atom. The van der Waals surface area contributed by atoms with Gasteiger partial charge in [0.25, 0.3) is 0 Å². The van der Waals surface area contributed by atoms with Gasteiger partial charge in [-0.1, -0.05) is 13.8 Å². The van der Waals surface area contributed by atoms with Crippen molar-refractivity contribution >= 4 is 29.9 Å². The Labute approximate surface area is 162 Å². The molecule has 1 aromatic heterocycles. The number of rotatable bonds is 8. The van der Waals surface area contributed by atoms with Crippen LogP contribution in [0.15, 0.2) is 11.3 Å². The van der Waals surface area contributed by atoms with Crippen molar-refractivity contribution in [2.45, 2.75) is 52.6 Å². The van der Waals surface area contributed by atoms with Gasteiger partial charge >= 0.3 is 0 Å². The van der Waals surface area contributed by atoms with E-state index in [1.807, 2.05) is 0 Å². The van der Waals surface area contributed by atoms with Crippen molar-refractivity contribution in [3.8, 4) is 0 Å². The van der Waals surface area contributed by atoms with Crippen LogP contribution in [-0.4, -0.2) is 53.1 Å². The van der Waals surface area contributed by atoms with Crippen LogP contribution in [0.2, 0.25) is 0 Å². The number of aromatic nitrogens is 3. The Kier molecular flexibility index (Phi) is 10.2. The van der Waals surface area contributed by atoms with E-state index in [2.05, 4.69) is 46.2 Å². The van der Waals surface area contributed by atoms with Crippen molar-refractivity contribution in [2.75, 3.05) is 26.3 Å². The summed E-state index contributed by atoms with van der Waals surface area (Å²) >= 11 is 0. The molecule has 2 heterocycles. The molecule has 0 radical (unpaired) electrons.